The van der Waals surface area contributed by atoms with Crippen molar-refractivity contribution in [3.8, 4) is 0 Å². The van der Waals surface area contributed by atoms with Crippen molar-refractivity contribution in [2.45, 2.75) is 51.0 Å². The van der Waals surface area contributed by atoms with Crippen LogP contribution in [0.25, 0.3) is 0 Å². The monoisotopic (exact) mass is 598 g/mol. The van der Waals surface area contributed by atoms with Crippen LogP contribution >= 0.6 is 11.6 Å². The molecule has 2 N–H and O–H groups in total. The molecule has 222 valence electrons. The van der Waals surface area contributed by atoms with E-state index in [1.807, 2.05) is 0 Å². The Kier molecular flexibility index (Phi) is 10.0. The van der Waals surface area contributed by atoms with Crippen LogP contribution in [-0.2, 0) is 22.3 Å². The van der Waals surface area contributed by atoms with Crippen LogP contribution < -0.4 is 10.6 Å². The Hall–Kier alpha value is -3.67. The number of nitrogens with zero attached hydrogens (tertiary/aromatic N) is 2. The van der Waals surface area contributed by atoms with E-state index in [1.54, 1.807) is 38.1 Å². The summed E-state index contributed by atoms with van der Waals surface area (Å²) in [6, 6.07) is 6.65. The fourth-order valence-corrected chi connectivity index (χ4v) is 4.97. The lowest BCUT2D eigenvalue weighted by molar-refractivity contribution is -0.139. The van der Waals surface area contributed by atoms with E-state index >= 15 is 0 Å². The second-order valence-electron chi connectivity index (χ2n) is 10.2. The van der Waals surface area contributed by atoms with Crippen molar-refractivity contribution < 1.29 is 36.7 Å². The summed E-state index contributed by atoms with van der Waals surface area (Å²) < 4.78 is 53.6. The van der Waals surface area contributed by atoms with Crippen molar-refractivity contribution in [2.75, 3.05) is 20.1 Å². The molecule has 13 heteroatoms. The van der Waals surface area contributed by atoms with Gasteiger partial charge in [0.2, 0.25) is 5.91 Å². The Morgan fingerprint density at radius 2 is 1.78 bits per heavy atom. The average molecular weight is 599 g/mol. The number of aldehydes is 1. The summed E-state index contributed by atoms with van der Waals surface area (Å²) in [4.78, 5) is 54.3. The van der Waals surface area contributed by atoms with Gasteiger partial charge in [-0.2, -0.15) is 13.2 Å². The van der Waals surface area contributed by atoms with Gasteiger partial charge in [0.05, 0.1) is 11.1 Å². The van der Waals surface area contributed by atoms with Crippen LogP contribution in [0, 0.1) is 11.7 Å². The molecule has 4 amide bonds. The largest absolute Gasteiger partial charge is 0.416 e. The second-order valence-corrected chi connectivity index (χ2v) is 10.6. The van der Waals surface area contributed by atoms with Crippen molar-refractivity contribution in [2.24, 2.45) is 5.92 Å². The fraction of sp³-hybridized carbons (Fsp3) is 0.429. The molecule has 1 aliphatic rings. The Bertz CT molecular complexity index is 1300. The van der Waals surface area contributed by atoms with Crippen LogP contribution in [0.15, 0.2) is 42.5 Å². The minimum Gasteiger partial charge on any atom is -0.341 e. The molecular weight excluding hydrogens is 568 g/mol. The number of urea groups is 1. The zero-order valence-corrected chi connectivity index (χ0v) is 23.5. The van der Waals surface area contributed by atoms with Crippen LogP contribution in [0.5, 0.6) is 0 Å². The molecule has 0 spiro atoms. The molecule has 0 saturated carbocycles. The third-order valence-corrected chi connectivity index (χ3v) is 7.38. The number of piperidine rings is 1. The van der Waals surface area contributed by atoms with Crippen molar-refractivity contribution >= 4 is 35.7 Å². The van der Waals surface area contributed by atoms with Gasteiger partial charge >= 0.3 is 12.2 Å². The molecule has 41 heavy (non-hydrogen) atoms. The van der Waals surface area contributed by atoms with Gasteiger partial charge in [0, 0.05) is 31.7 Å². The van der Waals surface area contributed by atoms with E-state index in [2.05, 4.69) is 10.6 Å². The van der Waals surface area contributed by atoms with Crippen LogP contribution in [0.3, 0.4) is 0 Å². The SMILES string of the molecule is CNC(=O)N(Cc1cccc(Cl)c1)C1(C=O)CCN(C(=O)[C@H](NC(=O)c2cc(C(F)(F)F)ccc2F)C(C)C)CC1. The van der Waals surface area contributed by atoms with Gasteiger partial charge < -0.3 is 25.2 Å². The van der Waals surface area contributed by atoms with Crippen molar-refractivity contribution in [1.82, 2.24) is 20.4 Å². The Morgan fingerprint density at radius 1 is 1.12 bits per heavy atom. The minimum absolute atomic E-state index is 0.0532. The number of likely N-dealkylation sites (tertiary alicyclic amines) is 1. The first-order valence-corrected chi connectivity index (χ1v) is 13.3. The molecule has 0 unspecified atom stereocenters. The van der Waals surface area contributed by atoms with E-state index in [0.717, 1.165) is 0 Å². The minimum atomic E-state index is -4.79. The highest BCUT2D eigenvalue weighted by atomic mass is 35.5. The van der Waals surface area contributed by atoms with Crippen molar-refractivity contribution in [3.05, 3.63) is 70.0 Å². The summed E-state index contributed by atoms with van der Waals surface area (Å²) in [5.41, 5.74) is -2.57. The van der Waals surface area contributed by atoms with Crippen molar-refractivity contribution in [1.29, 1.82) is 0 Å². The molecule has 1 aliphatic heterocycles. The third kappa shape index (κ3) is 7.35. The zero-order valence-electron chi connectivity index (χ0n) is 22.7. The molecule has 3 rings (SSSR count). The predicted octanol–water partition coefficient (Wildman–Crippen LogP) is 4.65. The van der Waals surface area contributed by atoms with Gasteiger partial charge in [0.25, 0.3) is 5.91 Å². The maximum Gasteiger partial charge on any atom is 0.416 e. The van der Waals surface area contributed by atoms with Gasteiger partial charge in [-0.15, -0.1) is 0 Å². The molecule has 0 radical (unpaired) electrons. The van der Waals surface area contributed by atoms with Crippen LogP contribution in [0.4, 0.5) is 22.4 Å². The van der Waals surface area contributed by atoms with Gasteiger partial charge in [0.15, 0.2) is 0 Å². The highest BCUT2D eigenvalue weighted by molar-refractivity contribution is 6.30. The molecular formula is C28H31ClF4N4O4. The third-order valence-electron chi connectivity index (χ3n) is 7.14. The van der Waals surface area contributed by atoms with E-state index in [9.17, 15) is 36.7 Å². The lowest BCUT2D eigenvalue weighted by atomic mass is 9.86. The predicted molar refractivity (Wildman–Crippen MR) is 144 cm³/mol. The summed E-state index contributed by atoms with van der Waals surface area (Å²) in [5.74, 6) is -3.36. The zero-order chi connectivity index (χ0) is 30.5. The molecule has 0 aromatic heterocycles. The standard InChI is InChI=1S/C28H31ClF4N4O4/c1-17(2)23(35-24(39)21-14-19(28(31,32)33)7-8-22(21)30)25(40)36-11-9-27(16-38,10-12-36)37(26(41)34-3)15-18-5-4-6-20(29)13-18/h4-8,13-14,16-17,23H,9-12,15H2,1-3H3,(H,34,41)(H,35,39)/t23-/m1/s1. The quantitative estimate of drug-likeness (QED) is 0.341. The number of carbonyl (C=O) groups excluding carboxylic acids is 4. The van der Waals surface area contributed by atoms with Crippen molar-refractivity contribution in [3.63, 3.8) is 0 Å². The smallest absolute Gasteiger partial charge is 0.341 e. The summed E-state index contributed by atoms with van der Waals surface area (Å²) in [6.45, 7) is 3.45. The normalized spacial score (nSPS) is 15.7. The molecule has 1 fully saturated rings. The summed E-state index contributed by atoms with van der Waals surface area (Å²) in [5, 5.41) is 5.39. The van der Waals surface area contributed by atoms with Crippen LogP contribution in [0.2, 0.25) is 5.02 Å². The van der Waals surface area contributed by atoms with E-state index < -0.39 is 58.5 Å². The highest BCUT2D eigenvalue weighted by Gasteiger charge is 2.44. The van der Waals surface area contributed by atoms with Gasteiger partial charge in [-0.1, -0.05) is 37.6 Å². The van der Waals surface area contributed by atoms with E-state index in [1.165, 1.54) is 16.8 Å². The van der Waals surface area contributed by atoms with Crippen LogP contribution in [-0.4, -0.2) is 65.6 Å². The van der Waals surface area contributed by atoms with Gasteiger partial charge in [-0.05, 0) is 54.7 Å². The molecule has 0 aliphatic carbocycles. The number of halogens is 5. The number of hydrogen-bond donors (Lipinski definition) is 2. The fourth-order valence-electron chi connectivity index (χ4n) is 4.75. The van der Waals surface area contributed by atoms with Gasteiger partial charge in [-0.3, -0.25) is 9.59 Å². The maximum absolute atomic E-state index is 14.3. The second kappa shape index (κ2) is 12.9. The molecule has 2 aromatic rings. The van der Waals surface area contributed by atoms with Gasteiger partial charge in [-0.25, -0.2) is 9.18 Å². The van der Waals surface area contributed by atoms with E-state index in [0.29, 0.717) is 35.1 Å². The molecule has 0 bridgehead atoms. The molecule has 1 saturated heterocycles. The molecule has 2 aromatic carbocycles. The lowest BCUT2D eigenvalue weighted by Crippen LogP contribution is -2.62. The summed E-state index contributed by atoms with van der Waals surface area (Å²) in [6.07, 6.45) is -3.91. The van der Waals surface area contributed by atoms with E-state index in [4.69, 9.17) is 11.6 Å². The topological polar surface area (TPSA) is 98.8 Å². The molecule has 1 heterocycles. The molecule has 1 atom stereocenters. The Balaban J connectivity index is 1.78. The van der Waals surface area contributed by atoms with Gasteiger partial charge in [0.1, 0.15) is 23.7 Å². The first-order chi connectivity index (χ1) is 19.2. The number of rotatable bonds is 8. The lowest BCUT2D eigenvalue weighted by Gasteiger charge is -2.46. The Morgan fingerprint density at radius 3 is 2.32 bits per heavy atom. The van der Waals surface area contributed by atoms with E-state index in [-0.39, 0.29) is 32.5 Å². The number of nitrogens with one attached hydrogen (secondary N) is 2. The average Bonchev–Trinajstić information content (AvgIpc) is 2.93. The number of benzene rings is 2. The first-order valence-electron chi connectivity index (χ1n) is 12.9. The van der Waals surface area contributed by atoms with Crippen LogP contribution in [0.1, 0.15) is 48.2 Å². The Labute approximate surface area is 240 Å². The number of amides is 4. The highest BCUT2D eigenvalue weighted by Crippen LogP contribution is 2.32. The number of carbonyl (C=O) groups is 4. The number of hydrogen-bond acceptors (Lipinski definition) is 4. The first kappa shape index (κ1) is 31.9. The number of alkyl halides is 3. The molecule has 8 nitrogen and oxygen atoms in total. The maximum atomic E-state index is 14.3. The summed E-state index contributed by atoms with van der Waals surface area (Å²) >= 11 is 6.08. The summed E-state index contributed by atoms with van der Waals surface area (Å²) in [7, 11) is 1.44.